The standard InChI is InChI=1S/C12H12O4/c1-5-4-12(16-10(5)13)6-2-7-8(3-6)11(14)15-9(7)12/h6-9H,1-4H2. The summed E-state index contributed by atoms with van der Waals surface area (Å²) in [7, 11) is 0. The summed E-state index contributed by atoms with van der Waals surface area (Å²) in [6.45, 7) is 3.72. The highest BCUT2D eigenvalue weighted by Gasteiger charge is 2.72. The van der Waals surface area contributed by atoms with Gasteiger partial charge in [0.2, 0.25) is 0 Å². The van der Waals surface area contributed by atoms with Gasteiger partial charge in [0.1, 0.15) is 6.10 Å². The number of carbonyl (C=O) groups excluding carboxylic acids is 2. The van der Waals surface area contributed by atoms with E-state index in [0.29, 0.717) is 17.9 Å². The first-order valence-electron chi connectivity index (χ1n) is 5.73. The van der Waals surface area contributed by atoms with Gasteiger partial charge in [0.15, 0.2) is 5.60 Å². The molecule has 5 atom stereocenters. The molecule has 0 radical (unpaired) electrons. The van der Waals surface area contributed by atoms with Gasteiger partial charge in [-0.25, -0.2) is 4.79 Å². The summed E-state index contributed by atoms with van der Waals surface area (Å²) in [5.41, 5.74) is -0.0337. The average molecular weight is 220 g/mol. The second-order valence-corrected chi connectivity index (χ2v) is 5.42. The van der Waals surface area contributed by atoms with Crippen molar-refractivity contribution < 1.29 is 19.1 Å². The number of ether oxygens (including phenoxy) is 2. The molecule has 2 saturated heterocycles. The lowest BCUT2D eigenvalue weighted by Gasteiger charge is -2.34. The lowest BCUT2D eigenvalue weighted by molar-refractivity contribution is -0.168. The van der Waals surface area contributed by atoms with E-state index in [1.807, 2.05) is 0 Å². The molecule has 0 aromatic rings. The molecule has 2 aliphatic carbocycles. The van der Waals surface area contributed by atoms with Gasteiger partial charge < -0.3 is 9.47 Å². The zero-order valence-corrected chi connectivity index (χ0v) is 8.77. The molecule has 4 heteroatoms. The Bertz CT molecular complexity index is 422. The average Bonchev–Trinajstić information content (AvgIpc) is 2.87. The van der Waals surface area contributed by atoms with Crippen molar-refractivity contribution >= 4 is 11.9 Å². The van der Waals surface area contributed by atoms with Crippen molar-refractivity contribution in [3.8, 4) is 0 Å². The summed E-state index contributed by atoms with van der Waals surface area (Å²) in [6.07, 6.45) is 2.12. The summed E-state index contributed by atoms with van der Waals surface area (Å²) in [4.78, 5) is 23.1. The Morgan fingerprint density at radius 3 is 2.81 bits per heavy atom. The van der Waals surface area contributed by atoms with Crippen LogP contribution in [0.15, 0.2) is 12.2 Å². The van der Waals surface area contributed by atoms with Gasteiger partial charge in [-0.05, 0) is 12.8 Å². The Morgan fingerprint density at radius 1 is 1.31 bits per heavy atom. The van der Waals surface area contributed by atoms with E-state index in [1.54, 1.807) is 0 Å². The second-order valence-electron chi connectivity index (χ2n) is 5.42. The zero-order valence-electron chi connectivity index (χ0n) is 8.77. The number of rotatable bonds is 0. The van der Waals surface area contributed by atoms with Crippen LogP contribution in [-0.2, 0) is 19.1 Å². The smallest absolute Gasteiger partial charge is 0.334 e. The Kier molecular flexibility index (Phi) is 1.28. The van der Waals surface area contributed by atoms with Crippen LogP contribution in [-0.4, -0.2) is 23.6 Å². The molecular weight excluding hydrogens is 208 g/mol. The van der Waals surface area contributed by atoms with Gasteiger partial charge in [-0.15, -0.1) is 0 Å². The molecular formula is C12H12O4. The molecule has 0 aromatic heterocycles. The van der Waals surface area contributed by atoms with E-state index in [2.05, 4.69) is 6.58 Å². The summed E-state index contributed by atoms with van der Waals surface area (Å²) >= 11 is 0. The SMILES string of the molecule is C=C1CC2(OC1=O)C1CC3C(=O)OC2C3C1. The van der Waals surface area contributed by atoms with Crippen molar-refractivity contribution in [2.24, 2.45) is 17.8 Å². The number of fused-ring (bicyclic) bond motifs is 3. The van der Waals surface area contributed by atoms with Gasteiger partial charge in [0.05, 0.1) is 5.92 Å². The summed E-state index contributed by atoms with van der Waals surface area (Å²) in [5.74, 6) is 0.224. The lowest BCUT2D eigenvalue weighted by Crippen LogP contribution is -2.46. The van der Waals surface area contributed by atoms with Crippen LogP contribution >= 0.6 is 0 Å². The maximum absolute atomic E-state index is 11.6. The fraction of sp³-hybridized carbons (Fsp3) is 0.667. The van der Waals surface area contributed by atoms with Crippen molar-refractivity contribution in [1.29, 1.82) is 0 Å². The Labute approximate surface area is 92.6 Å². The Hall–Kier alpha value is -1.32. The monoisotopic (exact) mass is 220 g/mol. The van der Waals surface area contributed by atoms with Gasteiger partial charge in [-0.2, -0.15) is 0 Å². The molecule has 4 aliphatic rings. The highest BCUT2D eigenvalue weighted by molar-refractivity contribution is 5.91. The van der Waals surface area contributed by atoms with Crippen LogP contribution in [0, 0.1) is 17.8 Å². The van der Waals surface area contributed by atoms with Crippen LogP contribution in [0.2, 0.25) is 0 Å². The van der Waals surface area contributed by atoms with Crippen LogP contribution in [0.5, 0.6) is 0 Å². The van der Waals surface area contributed by atoms with Gasteiger partial charge in [-0.3, -0.25) is 4.79 Å². The molecule has 2 aliphatic heterocycles. The van der Waals surface area contributed by atoms with Crippen molar-refractivity contribution in [3.63, 3.8) is 0 Å². The maximum atomic E-state index is 11.6. The minimum absolute atomic E-state index is 0.0631. The molecule has 4 rings (SSSR count). The van der Waals surface area contributed by atoms with E-state index in [9.17, 15) is 9.59 Å². The van der Waals surface area contributed by atoms with E-state index < -0.39 is 5.60 Å². The predicted molar refractivity (Wildman–Crippen MR) is 52.2 cm³/mol. The minimum Gasteiger partial charge on any atom is -0.458 e. The molecule has 0 aromatic carbocycles. The van der Waals surface area contributed by atoms with Crippen molar-refractivity contribution in [2.45, 2.75) is 31.0 Å². The molecule has 2 saturated carbocycles. The number of hydrogen-bond acceptors (Lipinski definition) is 4. The molecule has 2 bridgehead atoms. The fourth-order valence-corrected chi connectivity index (χ4v) is 4.14. The summed E-state index contributed by atoms with van der Waals surface area (Å²) in [6, 6.07) is 0. The highest BCUT2D eigenvalue weighted by Crippen LogP contribution is 2.63. The molecule has 84 valence electrons. The number of hydrogen-bond donors (Lipinski definition) is 0. The van der Waals surface area contributed by atoms with Gasteiger partial charge in [0.25, 0.3) is 0 Å². The van der Waals surface area contributed by atoms with Crippen LogP contribution in [0.4, 0.5) is 0 Å². The first-order valence-corrected chi connectivity index (χ1v) is 5.73. The topological polar surface area (TPSA) is 52.6 Å². The maximum Gasteiger partial charge on any atom is 0.334 e. The van der Waals surface area contributed by atoms with Crippen molar-refractivity contribution in [1.82, 2.24) is 0 Å². The predicted octanol–water partition coefficient (Wildman–Crippen LogP) is 0.810. The van der Waals surface area contributed by atoms with E-state index in [0.717, 1.165) is 12.8 Å². The molecule has 2 heterocycles. The molecule has 1 spiro atoms. The van der Waals surface area contributed by atoms with Crippen LogP contribution < -0.4 is 0 Å². The number of esters is 2. The van der Waals surface area contributed by atoms with Crippen LogP contribution in [0.1, 0.15) is 19.3 Å². The Balaban J connectivity index is 1.80. The second kappa shape index (κ2) is 2.34. The van der Waals surface area contributed by atoms with Gasteiger partial charge in [-0.1, -0.05) is 6.58 Å². The molecule has 4 nitrogen and oxygen atoms in total. The van der Waals surface area contributed by atoms with Gasteiger partial charge in [0, 0.05) is 23.8 Å². The minimum atomic E-state index is -0.554. The quantitative estimate of drug-likeness (QED) is 0.448. The van der Waals surface area contributed by atoms with Gasteiger partial charge >= 0.3 is 11.9 Å². The molecule has 4 fully saturated rings. The zero-order chi connectivity index (χ0) is 11.1. The lowest BCUT2D eigenvalue weighted by atomic mass is 9.76. The molecule has 5 unspecified atom stereocenters. The van der Waals surface area contributed by atoms with E-state index in [-0.39, 0.29) is 29.9 Å². The van der Waals surface area contributed by atoms with Crippen molar-refractivity contribution in [2.75, 3.05) is 0 Å². The van der Waals surface area contributed by atoms with E-state index >= 15 is 0 Å². The van der Waals surface area contributed by atoms with E-state index in [1.165, 1.54) is 0 Å². The third-order valence-electron chi connectivity index (χ3n) is 4.78. The first-order chi connectivity index (χ1) is 7.62. The first kappa shape index (κ1) is 8.79. The third-order valence-corrected chi connectivity index (χ3v) is 4.78. The largest absolute Gasteiger partial charge is 0.458 e. The van der Waals surface area contributed by atoms with Crippen molar-refractivity contribution in [3.05, 3.63) is 12.2 Å². The summed E-state index contributed by atoms with van der Waals surface area (Å²) < 4.78 is 10.9. The fourth-order valence-electron chi connectivity index (χ4n) is 4.14. The molecule has 0 amide bonds. The normalized spacial score (nSPS) is 52.6. The number of carbonyl (C=O) groups is 2. The molecule has 16 heavy (non-hydrogen) atoms. The van der Waals surface area contributed by atoms with Crippen LogP contribution in [0.25, 0.3) is 0 Å². The molecule has 0 N–H and O–H groups in total. The summed E-state index contributed by atoms with van der Waals surface area (Å²) in [5, 5.41) is 0. The third kappa shape index (κ3) is 0.730. The highest BCUT2D eigenvalue weighted by atomic mass is 16.6. The van der Waals surface area contributed by atoms with Crippen LogP contribution in [0.3, 0.4) is 0 Å². The van der Waals surface area contributed by atoms with E-state index in [4.69, 9.17) is 9.47 Å². The Morgan fingerprint density at radius 2 is 2.12 bits per heavy atom.